The maximum absolute atomic E-state index is 12.4. The lowest BCUT2D eigenvalue weighted by Crippen LogP contribution is -2.13. The molecule has 1 amide bonds. The lowest BCUT2D eigenvalue weighted by atomic mass is 10.1. The second-order valence-electron chi connectivity index (χ2n) is 4.46. The quantitative estimate of drug-likeness (QED) is 0.772. The van der Waals surface area contributed by atoms with E-state index in [1.807, 2.05) is 0 Å². The summed E-state index contributed by atoms with van der Waals surface area (Å²) in [4.78, 5) is 20.6. The maximum atomic E-state index is 12.4. The van der Waals surface area contributed by atoms with Crippen LogP contribution in [0.4, 0.5) is 5.69 Å². The summed E-state index contributed by atoms with van der Waals surface area (Å²) in [7, 11) is 0. The van der Waals surface area contributed by atoms with Crippen molar-refractivity contribution in [1.29, 1.82) is 0 Å². The fourth-order valence-electron chi connectivity index (χ4n) is 2.03. The summed E-state index contributed by atoms with van der Waals surface area (Å²) in [5.74, 6) is -0.236. The van der Waals surface area contributed by atoms with Crippen LogP contribution in [0.15, 0.2) is 35.1 Å². The Morgan fingerprint density at radius 3 is 2.95 bits per heavy atom. The Morgan fingerprint density at radius 1 is 1.35 bits per heavy atom. The van der Waals surface area contributed by atoms with Crippen LogP contribution in [-0.2, 0) is 0 Å². The molecule has 0 saturated carbocycles. The molecule has 3 heterocycles. The van der Waals surface area contributed by atoms with Crippen molar-refractivity contribution in [3.8, 4) is 0 Å². The van der Waals surface area contributed by atoms with Gasteiger partial charge in [0.2, 0.25) is 0 Å². The molecule has 0 aliphatic heterocycles. The van der Waals surface area contributed by atoms with E-state index in [9.17, 15) is 4.79 Å². The van der Waals surface area contributed by atoms with Gasteiger partial charge in [-0.3, -0.25) is 9.78 Å². The highest BCUT2D eigenvalue weighted by molar-refractivity contribution is 6.12. The van der Waals surface area contributed by atoms with Gasteiger partial charge in [0.1, 0.15) is 0 Å². The van der Waals surface area contributed by atoms with Crippen LogP contribution < -0.4 is 5.32 Å². The minimum atomic E-state index is -0.236. The van der Waals surface area contributed by atoms with E-state index in [-0.39, 0.29) is 5.91 Å². The van der Waals surface area contributed by atoms with Crippen molar-refractivity contribution in [3.63, 3.8) is 0 Å². The summed E-state index contributed by atoms with van der Waals surface area (Å²) in [6, 6.07) is 5.25. The summed E-state index contributed by atoms with van der Waals surface area (Å²) in [5, 5.41) is 7.29. The molecule has 6 heteroatoms. The molecule has 3 aromatic rings. The van der Waals surface area contributed by atoms with Gasteiger partial charge < -0.3 is 9.84 Å². The van der Waals surface area contributed by atoms with Crippen LogP contribution in [0, 0.1) is 13.8 Å². The first kappa shape index (κ1) is 12.3. The third kappa shape index (κ3) is 2.11. The van der Waals surface area contributed by atoms with Gasteiger partial charge in [0, 0.05) is 11.9 Å². The summed E-state index contributed by atoms with van der Waals surface area (Å²) >= 11 is 0. The second kappa shape index (κ2) is 4.73. The molecule has 0 aliphatic rings. The van der Waals surface area contributed by atoms with E-state index in [2.05, 4.69) is 20.4 Å². The Bertz CT molecular complexity index is 780. The summed E-state index contributed by atoms with van der Waals surface area (Å²) < 4.78 is 5.12. The fourth-order valence-corrected chi connectivity index (χ4v) is 2.03. The number of carbonyl (C=O) groups excluding carboxylic acids is 1. The number of hydrogen-bond donors (Lipinski definition) is 1. The minimum absolute atomic E-state index is 0.236. The van der Waals surface area contributed by atoms with Crippen LogP contribution in [-0.4, -0.2) is 21.0 Å². The standard InChI is InChI=1S/C14H12N4O2/c1-8-6-11(12-9(2)18-20-14(12)16-8)13(19)17-10-4-3-5-15-7-10/h3-7H,1-2H3,(H,17,19). The lowest BCUT2D eigenvalue weighted by Gasteiger charge is -2.06. The highest BCUT2D eigenvalue weighted by Crippen LogP contribution is 2.22. The van der Waals surface area contributed by atoms with E-state index in [1.54, 1.807) is 44.4 Å². The monoisotopic (exact) mass is 268 g/mol. The number of aromatic nitrogens is 3. The van der Waals surface area contributed by atoms with Crippen molar-refractivity contribution in [3.05, 3.63) is 47.5 Å². The van der Waals surface area contributed by atoms with Crippen molar-refractivity contribution >= 4 is 22.7 Å². The maximum Gasteiger partial charge on any atom is 0.258 e. The van der Waals surface area contributed by atoms with Gasteiger partial charge >= 0.3 is 0 Å². The first-order valence-corrected chi connectivity index (χ1v) is 6.10. The largest absolute Gasteiger partial charge is 0.336 e. The van der Waals surface area contributed by atoms with Crippen LogP contribution in [0.1, 0.15) is 21.7 Å². The number of anilines is 1. The number of pyridine rings is 2. The Kier molecular flexibility index (Phi) is 2.90. The number of fused-ring (bicyclic) bond motifs is 1. The molecule has 1 N–H and O–H groups in total. The normalized spacial score (nSPS) is 10.7. The van der Waals surface area contributed by atoms with Gasteiger partial charge in [-0.25, -0.2) is 4.98 Å². The molecule has 6 nitrogen and oxygen atoms in total. The van der Waals surface area contributed by atoms with E-state index in [1.165, 1.54) is 0 Å². The molecular formula is C14H12N4O2. The Hall–Kier alpha value is -2.76. The van der Waals surface area contributed by atoms with Crippen LogP contribution in [0.5, 0.6) is 0 Å². The molecule has 0 radical (unpaired) electrons. The number of amides is 1. The number of carbonyl (C=O) groups is 1. The van der Waals surface area contributed by atoms with Crippen molar-refractivity contribution in [2.75, 3.05) is 5.32 Å². The number of nitrogens with one attached hydrogen (secondary N) is 1. The third-order valence-electron chi connectivity index (χ3n) is 2.91. The molecule has 0 aliphatic carbocycles. The molecule has 0 bridgehead atoms. The van der Waals surface area contributed by atoms with E-state index in [4.69, 9.17) is 4.52 Å². The predicted molar refractivity (Wildman–Crippen MR) is 73.5 cm³/mol. The summed E-state index contributed by atoms with van der Waals surface area (Å²) in [6.45, 7) is 3.59. The molecule has 0 atom stereocenters. The van der Waals surface area contributed by atoms with Gasteiger partial charge in [-0.05, 0) is 32.0 Å². The number of nitrogens with zero attached hydrogens (tertiary/aromatic N) is 3. The second-order valence-corrected chi connectivity index (χ2v) is 4.46. The highest BCUT2D eigenvalue weighted by Gasteiger charge is 2.17. The average Bonchev–Trinajstić information content (AvgIpc) is 2.80. The van der Waals surface area contributed by atoms with Crippen LogP contribution >= 0.6 is 0 Å². The van der Waals surface area contributed by atoms with E-state index in [0.29, 0.717) is 33.7 Å². The molecule has 100 valence electrons. The third-order valence-corrected chi connectivity index (χ3v) is 2.91. The van der Waals surface area contributed by atoms with Gasteiger partial charge in [0.15, 0.2) is 0 Å². The van der Waals surface area contributed by atoms with Gasteiger partial charge in [-0.1, -0.05) is 5.16 Å². The molecule has 0 unspecified atom stereocenters. The summed E-state index contributed by atoms with van der Waals surface area (Å²) in [5.41, 5.74) is 2.84. The average molecular weight is 268 g/mol. The molecule has 20 heavy (non-hydrogen) atoms. The fraction of sp³-hybridized carbons (Fsp3) is 0.143. The minimum Gasteiger partial charge on any atom is -0.336 e. The number of aryl methyl sites for hydroxylation is 2. The first-order chi connectivity index (χ1) is 9.65. The lowest BCUT2D eigenvalue weighted by molar-refractivity contribution is 0.102. The zero-order valence-corrected chi connectivity index (χ0v) is 11.0. The Balaban J connectivity index is 2.05. The molecule has 0 aromatic carbocycles. The summed E-state index contributed by atoms with van der Waals surface area (Å²) in [6.07, 6.45) is 3.23. The SMILES string of the molecule is Cc1cc(C(=O)Nc2cccnc2)c2c(C)noc2n1. The van der Waals surface area contributed by atoms with Gasteiger partial charge in [-0.2, -0.15) is 0 Å². The van der Waals surface area contributed by atoms with Gasteiger partial charge in [-0.15, -0.1) is 0 Å². The van der Waals surface area contributed by atoms with Crippen molar-refractivity contribution in [2.24, 2.45) is 0 Å². The molecule has 0 fully saturated rings. The van der Waals surface area contributed by atoms with Gasteiger partial charge in [0.05, 0.1) is 28.5 Å². The molecular weight excluding hydrogens is 256 g/mol. The smallest absolute Gasteiger partial charge is 0.258 e. The highest BCUT2D eigenvalue weighted by atomic mass is 16.5. The molecule has 3 rings (SSSR count). The van der Waals surface area contributed by atoms with E-state index >= 15 is 0 Å². The number of hydrogen-bond acceptors (Lipinski definition) is 5. The Morgan fingerprint density at radius 2 is 2.20 bits per heavy atom. The van der Waals surface area contributed by atoms with Crippen molar-refractivity contribution in [1.82, 2.24) is 15.1 Å². The van der Waals surface area contributed by atoms with Crippen LogP contribution in [0.3, 0.4) is 0 Å². The van der Waals surface area contributed by atoms with E-state index < -0.39 is 0 Å². The molecule has 0 saturated heterocycles. The van der Waals surface area contributed by atoms with Crippen LogP contribution in [0.25, 0.3) is 11.1 Å². The zero-order chi connectivity index (χ0) is 14.1. The number of rotatable bonds is 2. The van der Waals surface area contributed by atoms with Crippen molar-refractivity contribution < 1.29 is 9.32 Å². The zero-order valence-electron chi connectivity index (χ0n) is 11.0. The predicted octanol–water partition coefficient (Wildman–Crippen LogP) is 2.49. The molecule has 3 aromatic heterocycles. The van der Waals surface area contributed by atoms with Gasteiger partial charge in [0.25, 0.3) is 11.6 Å². The van der Waals surface area contributed by atoms with Crippen LogP contribution in [0.2, 0.25) is 0 Å². The molecule has 0 spiro atoms. The topological polar surface area (TPSA) is 80.9 Å². The Labute approximate surface area is 114 Å². The van der Waals surface area contributed by atoms with Crippen molar-refractivity contribution in [2.45, 2.75) is 13.8 Å². The van der Waals surface area contributed by atoms with E-state index in [0.717, 1.165) is 0 Å². The first-order valence-electron chi connectivity index (χ1n) is 6.10.